The lowest BCUT2D eigenvalue weighted by atomic mass is 9.96. The Morgan fingerprint density at radius 2 is 1.89 bits per heavy atom. The van der Waals surface area contributed by atoms with E-state index in [-0.39, 0.29) is 12.0 Å². The van der Waals surface area contributed by atoms with Crippen LogP contribution in [0.3, 0.4) is 0 Å². The summed E-state index contributed by atoms with van der Waals surface area (Å²) < 4.78 is 41.4. The average molecular weight is 273 g/mol. The maximum atomic E-state index is 12.1. The van der Waals surface area contributed by atoms with E-state index in [2.05, 4.69) is 0 Å². The number of amides is 1. The second-order valence-electron chi connectivity index (χ2n) is 4.69. The van der Waals surface area contributed by atoms with Crippen LogP contribution in [-0.2, 0) is 10.2 Å². The number of hydrogen-bond donors (Lipinski definition) is 1. The number of hydrogen-bond acceptors (Lipinski definition) is 2. The molecule has 1 aromatic carbocycles. The van der Waals surface area contributed by atoms with E-state index in [1.165, 1.54) is 0 Å². The van der Waals surface area contributed by atoms with E-state index < -0.39 is 12.1 Å². The quantitative estimate of drug-likeness (QED) is 0.914. The average Bonchev–Trinajstić information content (AvgIpc) is 3.16. The van der Waals surface area contributed by atoms with Gasteiger partial charge in [0.25, 0.3) is 0 Å². The minimum Gasteiger partial charge on any atom is -0.497 e. The third kappa shape index (κ3) is 3.00. The van der Waals surface area contributed by atoms with Gasteiger partial charge in [-0.2, -0.15) is 13.2 Å². The van der Waals surface area contributed by atoms with Crippen molar-refractivity contribution in [3.05, 3.63) is 29.8 Å². The van der Waals surface area contributed by atoms with Crippen LogP contribution in [-0.4, -0.2) is 25.7 Å². The highest BCUT2D eigenvalue weighted by atomic mass is 19.4. The summed E-state index contributed by atoms with van der Waals surface area (Å²) in [4.78, 5) is 10.8. The van der Waals surface area contributed by atoms with Gasteiger partial charge in [-0.25, -0.2) is 0 Å². The molecular formula is C13H14F3NO2. The van der Waals surface area contributed by atoms with E-state index in [0.29, 0.717) is 5.75 Å². The number of carbonyl (C=O) groups excluding carboxylic acids is 1. The molecule has 6 heteroatoms. The van der Waals surface area contributed by atoms with Crippen LogP contribution in [0.5, 0.6) is 5.75 Å². The smallest absolute Gasteiger partial charge is 0.471 e. The molecule has 104 valence electrons. The Morgan fingerprint density at radius 1 is 1.32 bits per heavy atom. The second kappa shape index (κ2) is 4.75. The molecule has 1 aliphatic rings. The molecule has 0 aromatic heterocycles. The predicted octanol–water partition coefficient (Wildman–Crippen LogP) is 2.41. The van der Waals surface area contributed by atoms with Gasteiger partial charge >= 0.3 is 12.1 Å². The molecule has 0 aliphatic heterocycles. The van der Waals surface area contributed by atoms with E-state index in [1.807, 2.05) is 17.4 Å². The first-order valence-corrected chi connectivity index (χ1v) is 5.87. The van der Waals surface area contributed by atoms with Gasteiger partial charge in [0.1, 0.15) is 5.75 Å². The van der Waals surface area contributed by atoms with Gasteiger partial charge in [0, 0.05) is 12.0 Å². The van der Waals surface area contributed by atoms with Crippen LogP contribution in [0.4, 0.5) is 13.2 Å². The summed E-state index contributed by atoms with van der Waals surface area (Å²) in [6, 6.07) is 7.18. The SMILES string of the molecule is COc1ccc(C2(CNC(=O)C(F)(F)F)CC2)cc1. The lowest BCUT2D eigenvalue weighted by Crippen LogP contribution is -2.40. The first kappa shape index (κ1) is 13.7. The summed E-state index contributed by atoms with van der Waals surface area (Å²) in [6.45, 7) is 0.0116. The Morgan fingerprint density at radius 3 is 2.32 bits per heavy atom. The maximum absolute atomic E-state index is 12.1. The highest BCUT2D eigenvalue weighted by Gasteiger charge is 2.46. The molecule has 1 saturated carbocycles. The number of halogens is 3. The van der Waals surface area contributed by atoms with Crippen LogP contribution in [0, 0.1) is 0 Å². The number of rotatable bonds is 4. The summed E-state index contributed by atoms with van der Waals surface area (Å²) in [6.07, 6.45) is -3.27. The number of methoxy groups -OCH3 is 1. The van der Waals surface area contributed by atoms with Crippen molar-refractivity contribution in [3.8, 4) is 5.75 Å². The first-order chi connectivity index (χ1) is 8.87. The van der Waals surface area contributed by atoms with Crippen molar-refractivity contribution in [2.45, 2.75) is 24.4 Å². The highest BCUT2D eigenvalue weighted by Crippen LogP contribution is 2.48. The molecule has 0 bridgehead atoms. The molecule has 2 rings (SSSR count). The first-order valence-electron chi connectivity index (χ1n) is 5.87. The van der Waals surface area contributed by atoms with Gasteiger partial charge in [-0.15, -0.1) is 0 Å². The molecule has 1 aromatic rings. The van der Waals surface area contributed by atoms with Gasteiger partial charge in [-0.3, -0.25) is 4.79 Å². The third-order valence-electron chi connectivity index (χ3n) is 3.40. The lowest BCUT2D eigenvalue weighted by Gasteiger charge is -2.17. The van der Waals surface area contributed by atoms with Crippen molar-refractivity contribution >= 4 is 5.91 Å². The van der Waals surface area contributed by atoms with Crippen molar-refractivity contribution in [3.63, 3.8) is 0 Å². The number of nitrogens with one attached hydrogen (secondary N) is 1. The summed E-state index contributed by atoms with van der Waals surface area (Å²) in [5.74, 6) is -1.19. The standard InChI is InChI=1S/C13H14F3NO2/c1-19-10-4-2-9(3-5-10)12(6-7-12)8-17-11(18)13(14,15)16/h2-5H,6-8H2,1H3,(H,17,18). The molecule has 1 aliphatic carbocycles. The maximum Gasteiger partial charge on any atom is 0.471 e. The van der Waals surface area contributed by atoms with Crippen molar-refractivity contribution in [1.29, 1.82) is 0 Å². The molecule has 0 radical (unpaired) electrons. The fourth-order valence-corrected chi connectivity index (χ4v) is 2.01. The van der Waals surface area contributed by atoms with Crippen LogP contribution in [0.1, 0.15) is 18.4 Å². The summed E-state index contributed by atoms with van der Waals surface area (Å²) in [5, 5.41) is 1.96. The number of alkyl halides is 3. The molecule has 1 amide bonds. The van der Waals surface area contributed by atoms with E-state index in [1.54, 1.807) is 19.2 Å². The van der Waals surface area contributed by atoms with Gasteiger partial charge in [-0.05, 0) is 30.5 Å². The highest BCUT2D eigenvalue weighted by molar-refractivity contribution is 5.81. The van der Waals surface area contributed by atoms with Crippen molar-refractivity contribution < 1.29 is 22.7 Å². The monoisotopic (exact) mass is 273 g/mol. The Kier molecular flexibility index (Phi) is 3.43. The van der Waals surface area contributed by atoms with Gasteiger partial charge in [-0.1, -0.05) is 12.1 Å². The minimum absolute atomic E-state index is 0.0116. The van der Waals surface area contributed by atoms with Gasteiger partial charge in [0.15, 0.2) is 0 Å². The molecule has 1 N–H and O–H groups in total. The van der Waals surface area contributed by atoms with E-state index in [4.69, 9.17) is 4.74 Å². The Hall–Kier alpha value is -1.72. The normalized spacial score (nSPS) is 16.8. The lowest BCUT2D eigenvalue weighted by molar-refractivity contribution is -0.173. The fourth-order valence-electron chi connectivity index (χ4n) is 2.01. The summed E-state index contributed by atoms with van der Waals surface area (Å²) in [7, 11) is 1.55. The largest absolute Gasteiger partial charge is 0.497 e. The molecule has 1 fully saturated rings. The van der Waals surface area contributed by atoms with Gasteiger partial charge in [0.05, 0.1) is 7.11 Å². The molecule has 0 spiro atoms. The molecule has 3 nitrogen and oxygen atoms in total. The molecule has 0 unspecified atom stereocenters. The summed E-state index contributed by atoms with van der Waals surface area (Å²) >= 11 is 0. The Bertz CT molecular complexity index is 464. The molecular weight excluding hydrogens is 259 g/mol. The van der Waals surface area contributed by atoms with Crippen molar-refractivity contribution in [2.24, 2.45) is 0 Å². The van der Waals surface area contributed by atoms with Gasteiger partial charge < -0.3 is 10.1 Å². The van der Waals surface area contributed by atoms with Crippen LogP contribution in [0.25, 0.3) is 0 Å². The van der Waals surface area contributed by atoms with Crippen LogP contribution in [0.15, 0.2) is 24.3 Å². The molecule has 0 atom stereocenters. The Balaban J connectivity index is 2.01. The minimum atomic E-state index is -4.82. The number of carbonyl (C=O) groups is 1. The van der Waals surface area contributed by atoms with E-state index in [9.17, 15) is 18.0 Å². The fraction of sp³-hybridized carbons (Fsp3) is 0.462. The zero-order chi connectivity index (χ0) is 14.1. The van der Waals surface area contributed by atoms with Crippen LogP contribution < -0.4 is 10.1 Å². The number of ether oxygens (including phenoxy) is 1. The molecule has 0 heterocycles. The predicted molar refractivity (Wildman–Crippen MR) is 63.0 cm³/mol. The van der Waals surface area contributed by atoms with Crippen LogP contribution >= 0.6 is 0 Å². The third-order valence-corrected chi connectivity index (χ3v) is 3.40. The zero-order valence-electron chi connectivity index (χ0n) is 10.4. The van der Waals surface area contributed by atoms with E-state index >= 15 is 0 Å². The van der Waals surface area contributed by atoms with Crippen LogP contribution in [0.2, 0.25) is 0 Å². The van der Waals surface area contributed by atoms with Crippen molar-refractivity contribution in [2.75, 3.05) is 13.7 Å². The number of benzene rings is 1. The van der Waals surface area contributed by atoms with E-state index in [0.717, 1.165) is 18.4 Å². The topological polar surface area (TPSA) is 38.3 Å². The Labute approximate surface area is 108 Å². The second-order valence-corrected chi connectivity index (χ2v) is 4.69. The zero-order valence-corrected chi connectivity index (χ0v) is 10.4. The van der Waals surface area contributed by atoms with Gasteiger partial charge in [0.2, 0.25) is 0 Å². The van der Waals surface area contributed by atoms with Crippen molar-refractivity contribution in [1.82, 2.24) is 5.32 Å². The molecule has 0 saturated heterocycles. The summed E-state index contributed by atoms with van der Waals surface area (Å²) in [5.41, 5.74) is 0.573. The molecule has 19 heavy (non-hydrogen) atoms.